The zero-order valence-electron chi connectivity index (χ0n) is 15.6. The first-order valence-electron chi connectivity index (χ1n) is 8.77. The number of benzene rings is 2. The summed E-state index contributed by atoms with van der Waals surface area (Å²) in [5, 5.41) is 22.2. The number of carbonyl (C=O) groups excluding carboxylic acids is 1. The number of hydrogen-bond donors (Lipinski definition) is 1. The molecule has 1 N–H and O–H groups in total. The lowest BCUT2D eigenvalue weighted by Crippen LogP contribution is -2.07. The standard InChI is InChI=1S/C21H20N2O5/c1-4-9-22-13(3)20(21(25)28-5-2)17-12-19(24)16(11-18(17)22)14-7-6-8-15(10-14)23(26)27/h4,6-8,10-12,24H,1,5,9H2,2-3H3. The Labute approximate surface area is 161 Å². The van der Waals surface area contributed by atoms with Crippen molar-refractivity contribution in [2.75, 3.05) is 6.61 Å². The molecule has 0 aliphatic rings. The molecule has 0 radical (unpaired) electrons. The van der Waals surface area contributed by atoms with Crippen LogP contribution in [0, 0.1) is 17.0 Å². The maximum Gasteiger partial charge on any atom is 0.340 e. The third-order valence-corrected chi connectivity index (χ3v) is 4.60. The Morgan fingerprint density at radius 3 is 2.75 bits per heavy atom. The molecule has 0 saturated carbocycles. The van der Waals surface area contributed by atoms with Gasteiger partial charge >= 0.3 is 5.97 Å². The molecule has 144 valence electrons. The first kappa shape index (κ1) is 19.2. The van der Waals surface area contributed by atoms with Crippen molar-refractivity contribution in [1.29, 1.82) is 0 Å². The van der Waals surface area contributed by atoms with Crippen LogP contribution in [0.4, 0.5) is 5.69 Å². The number of nitro benzene ring substituents is 1. The molecule has 7 heteroatoms. The Bertz CT molecular complexity index is 1100. The second-order valence-corrected chi connectivity index (χ2v) is 6.27. The van der Waals surface area contributed by atoms with Crippen molar-refractivity contribution in [2.24, 2.45) is 0 Å². The number of esters is 1. The molecule has 0 fully saturated rings. The van der Waals surface area contributed by atoms with Gasteiger partial charge in [-0.25, -0.2) is 4.79 Å². The van der Waals surface area contributed by atoms with Crippen molar-refractivity contribution >= 4 is 22.6 Å². The van der Waals surface area contributed by atoms with Gasteiger partial charge in [0.25, 0.3) is 5.69 Å². The lowest BCUT2D eigenvalue weighted by molar-refractivity contribution is -0.384. The summed E-state index contributed by atoms with van der Waals surface area (Å²) >= 11 is 0. The van der Waals surface area contributed by atoms with E-state index in [1.807, 2.05) is 4.57 Å². The molecule has 0 unspecified atom stereocenters. The number of carbonyl (C=O) groups is 1. The average molecular weight is 380 g/mol. The van der Waals surface area contributed by atoms with E-state index in [-0.39, 0.29) is 18.0 Å². The lowest BCUT2D eigenvalue weighted by atomic mass is 10.0. The van der Waals surface area contributed by atoms with Gasteiger partial charge in [0, 0.05) is 35.3 Å². The molecule has 1 aromatic heterocycles. The van der Waals surface area contributed by atoms with Crippen LogP contribution in [0.3, 0.4) is 0 Å². The van der Waals surface area contributed by atoms with E-state index in [0.29, 0.717) is 39.8 Å². The highest BCUT2D eigenvalue weighted by atomic mass is 16.6. The van der Waals surface area contributed by atoms with Crippen LogP contribution in [0.5, 0.6) is 5.75 Å². The summed E-state index contributed by atoms with van der Waals surface area (Å²) in [6.07, 6.45) is 1.71. The predicted octanol–water partition coefficient (Wildman–Crippen LogP) is 4.59. The normalized spacial score (nSPS) is 10.8. The maximum atomic E-state index is 12.5. The van der Waals surface area contributed by atoms with Crippen LogP contribution in [0.15, 0.2) is 49.1 Å². The van der Waals surface area contributed by atoms with Crippen molar-refractivity contribution < 1.29 is 19.6 Å². The Hall–Kier alpha value is -3.61. The van der Waals surface area contributed by atoms with E-state index in [9.17, 15) is 20.0 Å². The molecule has 0 bridgehead atoms. The highest BCUT2D eigenvalue weighted by Gasteiger charge is 2.23. The highest BCUT2D eigenvalue weighted by molar-refractivity contribution is 6.07. The summed E-state index contributed by atoms with van der Waals surface area (Å²) < 4.78 is 7.07. The van der Waals surface area contributed by atoms with Crippen molar-refractivity contribution in [3.8, 4) is 16.9 Å². The summed E-state index contributed by atoms with van der Waals surface area (Å²) in [6.45, 7) is 8.00. The van der Waals surface area contributed by atoms with Crippen LogP contribution in [0.2, 0.25) is 0 Å². The molecular formula is C21H20N2O5. The summed E-state index contributed by atoms with van der Waals surface area (Å²) in [5.41, 5.74) is 2.68. The third-order valence-electron chi connectivity index (χ3n) is 4.60. The molecule has 0 aliphatic heterocycles. The fraction of sp³-hybridized carbons (Fsp3) is 0.190. The van der Waals surface area contributed by atoms with Gasteiger partial charge in [-0.15, -0.1) is 6.58 Å². The van der Waals surface area contributed by atoms with Gasteiger partial charge in [0.05, 0.1) is 22.6 Å². The van der Waals surface area contributed by atoms with Crippen molar-refractivity contribution in [2.45, 2.75) is 20.4 Å². The number of hydrogen-bond acceptors (Lipinski definition) is 5. The van der Waals surface area contributed by atoms with Crippen LogP contribution in [0.25, 0.3) is 22.0 Å². The topological polar surface area (TPSA) is 94.6 Å². The number of aromatic hydroxyl groups is 1. The van der Waals surface area contributed by atoms with E-state index in [1.165, 1.54) is 18.2 Å². The van der Waals surface area contributed by atoms with Gasteiger partial charge in [-0.05, 0) is 31.5 Å². The smallest absolute Gasteiger partial charge is 0.340 e. The first-order chi connectivity index (χ1) is 13.4. The van der Waals surface area contributed by atoms with Crippen LogP contribution < -0.4 is 0 Å². The molecule has 3 aromatic rings. The Balaban J connectivity index is 2.29. The van der Waals surface area contributed by atoms with Gasteiger partial charge in [-0.3, -0.25) is 10.1 Å². The van der Waals surface area contributed by atoms with Crippen LogP contribution in [-0.2, 0) is 11.3 Å². The van der Waals surface area contributed by atoms with Gasteiger partial charge < -0.3 is 14.4 Å². The van der Waals surface area contributed by atoms with Crippen LogP contribution >= 0.6 is 0 Å². The lowest BCUT2D eigenvalue weighted by Gasteiger charge is -2.08. The van der Waals surface area contributed by atoms with E-state index in [2.05, 4.69) is 6.58 Å². The molecule has 0 spiro atoms. The van der Waals surface area contributed by atoms with Gasteiger partial charge in [-0.2, -0.15) is 0 Å². The average Bonchev–Trinajstić information content (AvgIpc) is 2.92. The maximum absolute atomic E-state index is 12.5. The summed E-state index contributed by atoms with van der Waals surface area (Å²) in [5.74, 6) is -0.537. The molecule has 3 rings (SSSR count). The van der Waals surface area contributed by atoms with Gasteiger partial charge in [0.1, 0.15) is 5.75 Å². The molecular weight excluding hydrogens is 360 g/mol. The Morgan fingerprint density at radius 2 is 2.11 bits per heavy atom. The number of phenolic OH excluding ortho intramolecular Hbond substituents is 1. The van der Waals surface area contributed by atoms with E-state index < -0.39 is 10.9 Å². The van der Waals surface area contributed by atoms with E-state index in [1.54, 1.807) is 38.1 Å². The number of allylic oxidation sites excluding steroid dienone is 1. The van der Waals surface area contributed by atoms with Crippen molar-refractivity contribution in [1.82, 2.24) is 4.57 Å². The van der Waals surface area contributed by atoms with Gasteiger partial charge in [-0.1, -0.05) is 18.2 Å². The van der Waals surface area contributed by atoms with Crippen molar-refractivity contribution in [3.63, 3.8) is 0 Å². The second-order valence-electron chi connectivity index (χ2n) is 6.27. The summed E-state index contributed by atoms with van der Waals surface area (Å²) in [7, 11) is 0. The first-order valence-corrected chi connectivity index (χ1v) is 8.77. The van der Waals surface area contributed by atoms with E-state index in [4.69, 9.17) is 4.74 Å². The largest absolute Gasteiger partial charge is 0.507 e. The van der Waals surface area contributed by atoms with Gasteiger partial charge in [0.15, 0.2) is 0 Å². The molecule has 0 atom stereocenters. The van der Waals surface area contributed by atoms with Gasteiger partial charge in [0.2, 0.25) is 0 Å². The SMILES string of the molecule is C=CCn1c(C)c(C(=O)OCC)c2cc(O)c(-c3cccc([N+](=O)[O-])c3)cc21. The monoisotopic (exact) mass is 380 g/mol. The second kappa shape index (κ2) is 7.56. The Kier molecular flexibility index (Phi) is 5.17. The number of phenols is 1. The Morgan fingerprint density at radius 1 is 1.36 bits per heavy atom. The predicted molar refractivity (Wildman–Crippen MR) is 107 cm³/mol. The zero-order chi connectivity index (χ0) is 20.4. The quantitative estimate of drug-likeness (QED) is 0.292. The van der Waals surface area contributed by atoms with E-state index >= 15 is 0 Å². The summed E-state index contributed by atoms with van der Waals surface area (Å²) in [6, 6.07) is 9.28. The minimum atomic E-state index is -0.484. The molecule has 0 amide bonds. The molecule has 1 heterocycles. The molecule has 2 aromatic carbocycles. The number of nitrogens with zero attached hydrogens (tertiary/aromatic N) is 2. The molecule has 0 aliphatic carbocycles. The summed E-state index contributed by atoms with van der Waals surface area (Å²) in [4.78, 5) is 23.1. The minimum Gasteiger partial charge on any atom is -0.507 e. The fourth-order valence-corrected chi connectivity index (χ4v) is 3.35. The van der Waals surface area contributed by atoms with Crippen LogP contribution in [-0.4, -0.2) is 27.2 Å². The number of ether oxygens (including phenoxy) is 1. The molecule has 0 saturated heterocycles. The molecule has 7 nitrogen and oxygen atoms in total. The number of fused-ring (bicyclic) bond motifs is 1. The third kappa shape index (κ3) is 3.22. The van der Waals surface area contributed by atoms with Crippen molar-refractivity contribution in [3.05, 3.63) is 70.4 Å². The van der Waals surface area contributed by atoms with E-state index in [0.717, 1.165) is 0 Å². The highest BCUT2D eigenvalue weighted by Crippen LogP contribution is 2.38. The minimum absolute atomic E-state index is 0.0677. The number of nitro groups is 1. The fourth-order valence-electron chi connectivity index (χ4n) is 3.35. The zero-order valence-corrected chi connectivity index (χ0v) is 15.6. The van der Waals surface area contributed by atoms with Crippen LogP contribution in [0.1, 0.15) is 23.0 Å². The number of aromatic nitrogens is 1. The number of rotatable bonds is 6. The molecule has 28 heavy (non-hydrogen) atoms. The number of non-ortho nitro benzene ring substituents is 1.